The van der Waals surface area contributed by atoms with E-state index in [0.29, 0.717) is 16.9 Å². The fourth-order valence-corrected chi connectivity index (χ4v) is 4.10. The summed E-state index contributed by atoms with van der Waals surface area (Å²) >= 11 is 0. The van der Waals surface area contributed by atoms with Crippen molar-refractivity contribution in [2.45, 2.75) is 46.1 Å². The van der Waals surface area contributed by atoms with Gasteiger partial charge < -0.3 is 9.22 Å². The molecular formula is C16H27N2O2+. The quantitative estimate of drug-likeness (QED) is 0.451. The maximum absolute atomic E-state index is 12.2. The number of hydrogen-bond donors (Lipinski definition) is 0. The zero-order valence-corrected chi connectivity index (χ0v) is 13.4. The Hall–Kier alpha value is -1.08. The third-order valence-electron chi connectivity index (χ3n) is 6.04. The number of hydrogen-bond acceptors (Lipinski definition) is 3. The summed E-state index contributed by atoms with van der Waals surface area (Å²) in [6.07, 6.45) is 3.46. The molecule has 0 heterocycles. The number of rotatable bonds is 4. The van der Waals surface area contributed by atoms with Crippen LogP contribution in [0.15, 0.2) is 0 Å². The molecule has 2 bridgehead atoms. The topological polar surface area (TPSA) is 50.1 Å². The first-order chi connectivity index (χ1) is 9.12. The second kappa shape index (κ2) is 4.73. The van der Waals surface area contributed by atoms with Gasteiger partial charge in [-0.25, -0.2) is 4.79 Å². The predicted octanol–water partition coefficient (Wildman–Crippen LogP) is 2.34. The van der Waals surface area contributed by atoms with Gasteiger partial charge in [0.05, 0.1) is 14.1 Å². The second-order valence-electron chi connectivity index (χ2n) is 8.00. The molecule has 3 atom stereocenters. The molecule has 2 rings (SSSR count). The average Bonchev–Trinajstić information content (AvgIpc) is 2.60. The molecule has 0 aromatic heterocycles. The molecule has 0 saturated heterocycles. The van der Waals surface area contributed by atoms with Crippen molar-refractivity contribution < 1.29 is 14.0 Å². The van der Waals surface area contributed by atoms with Gasteiger partial charge in [-0.1, -0.05) is 20.8 Å². The molecule has 0 aromatic rings. The molecule has 2 aliphatic carbocycles. The van der Waals surface area contributed by atoms with Crippen LogP contribution in [-0.4, -0.2) is 43.7 Å². The summed E-state index contributed by atoms with van der Waals surface area (Å²) in [5.41, 5.74) is 0.370. The Morgan fingerprint density at radius 3 is 2.50 bits per heavy atom. The van der Waals surface area contributed by atoms with Gasteiger partial charge in [0.2, 0.25) is 0 Å². The van der Waals surface area contributed by atoms with Crippen molar-refractivity contribution in [1.82, 2.24) is 0 Å². The summed E-state index contributed by atoms with van der Waals surface area (Å²) in [6, 6.07) is 2.12. The Balaban J connectivity index is 1.99. The smallest absolute Gasteiger partial charge is 0.362 e. The number of carbonyl (C=O) groups excluding carboxylic acids is 1. The largest absolute Gasteiger partial charge is 0.458 e. The van der Waals surface area contributed by atoms with Crippen LogP contribution in [0.2, 0.25) is 0 Å². The molecule has 2 aliphatic rings. The molecule has 0 N–H and O–H groups in total. The molecule has 20 heavy (non-hydrogen) atoms. The summed E-state index contributed by atoms with van der Waals surface area (Å²) in [4.78, 5) is 12.2. The van der Waals surface area contributed by atoms with Gasteiger partial charge in [0.25, 0.3) is 0 Å². The normalized spacial score (nSPS) is 34.8. The number of ether oxygens (including phenoxy) is 1. The van der Waals surface area contributed by atoms with E-state index in [9.17, 15) is 4.79 Å². The Bertz CT molecular complexity index is 450. The molecule has 0 aromatic carbocycles. The third kappa shape index (κ3) is 2.33. The summed E-state index contributed by atoms with van der Waals surface area (Å²) in [5, 5.41) is 8.78. The molecule has 4 heteroatoms. The van der Waals surface area contributed by atoms with Crippen LogP contribution < -0.4 is 0 Å². The number of esters is 1. The molecule has 0 amide bonds. The van der Waals surface area contributed by atoms with Gasteiger partial charge in [0.15, 0.2) is 13.1 Å². The van der Waals surface area contributed by atoms with E-state index in [1.54, 1.807) is 0 Å². The van der Waals surface area contributed by atoms with Crippen molar-refractivity contribution in [3.8, 4) is 6.07 Å². The van der Waals surface area contributed by atoms with Crippen LogP contribution >= 0.6 is 0 Å². The Labute approximate surface area is 122 Å². The lowest BCUT2D eigenvalue weighted by Crippen LogP contribution is -2.46. The fraction of sp³-hybridized carbons (Fsp3) is 0.875. The number of nitrogens with zero attached hydrogens (tertiary/aromatic N) is 2. The van der Waals surface area contributed by atoms with Gasteiger partial charge in [-0.3, -0.25) is 0 Å². The SMILES string of the molecule is CC1(C)[C@@H]2CC[C@]1(C)[C@H](OC(=O)C[N+](C)(C)CC#N)C2. The van der Waals surface area contributed by atoms with Crippen LogP contribution in [0.5, 0.6) is 0 Å². The Kier molecular flexibility index (Phi) is 3.62. The third-order valence-corrected chi connectivity index (χ3v) is 6.04. The summed E-state index contributed by atoms with van der Waals surface area (Å²) in [7, 11) is 3.77. The Morgan fingerprint density at radius 1 is 1.40 bits per heavy atom. The molecule has 0 spiro atoms. The highest BCUT2D eigenvalue weighted by Gasteiger charge is 2.62. The second-order valence-corrected chi connectivity index (χ2v) is 8.00. The number of carbonyl (C=O) groups is 1. The molecule has 0 aliphatic heterocycles. The van der Waals surface area contributed by atoms with Gasteiger partial charge in [0.1, 0.15) is 12.2 Å². The highest BCUT2D eigenvalue weighted by molar-refractivity contribution is 5.71. The van der Waals surface area contributed by atoms with E-state index in [4.69, 9.17) is 10.00 Å². The van der Waals surface area contributed by atoms with E-state index >= 15 is 0 Å². The van der Waals surface area contributed by atoms with Crippen molar-refractivity contribution in [3.63, 3.8) is 0 Å². The standard InChI is InChI=1S/C16H27N2O2/c1-15(2)12-6-7-16(15,3)13(10-12)20-14(19)11-18(4,5)9-8-17/h12-13H,6-7,9-11H2,1-5H3/q+1/t12-,13-,16-/m1/s1. The van der Waals surface area contributed by atoms with Crippen molar-refractivity contribution in [2.24, 2.45) is 16.7 Å². The van der Waals surface area contributed by atoms with Crippen LogP contribution in [-0.2, 0) is 9.53 Å². The van der Waals surface area contributed by atoms with E-state index in [1.807, 2.05) is 14.1 Å². The van der Waals surface area contributed by atoms with Gasteiger partial charge in [-0.15, -0.1) is 0 Å². The van der Waals surface area contributed by atoms with E-state index in [-0.39, 0.29) is 29.4 Å². The number of nitriles is 1. The monoisotopic (exact) mass is 279 g/mol. The zero-order valence-electron chi connectivity index (χ0n) is 13.4. The summed E-state index contributed by atoms with van der Waals surface area (Å²) in [6.45, 7) is 7.49. The van der Waals surface area contributed by atoms with E-state index in [1.165, 1.54) is 6.42 Å². The van der Waals surface area contributed by atoms with Gasteiger partial charge >= 0.3 is 5.97 Å². The maximum Gasteiger partial charge on any atom is 0.362 e. The number of likely N-dealkylation sites (N-methyl/N-ethyl adjacent to an activating group) is 1. The summed E-state index contributed by atoms with van der Waals surface area (Å²) in [5.74, 6) is 0.506. The first-order valence-electron chi connectivity index (χ1n) is 7.51. The minimum Gasteiger partial charge on any atom is -0.458 e. The maximum atomic E-state index is 12.2. The van der Waals surface area contributed by atoms with E-state index in [2.05, 4.69) is 26.8 Å². The lowest BCUT2D eigenvalue weighted by Gasteiger charge is -2.38. The summed E-state index contributed by atoms with van der Waals surface area (Å²) < 4.78 is 6.17. The van der Waals surface area contributed by atoms with Gasteiger partial charge in [-0.2, -0.15) is 5.26 Å². The highest BCUT2D eigenvalue weighted by atomic mass is 16.5. The number of fused-ring (bicyclic) bond motifs is 2. The molecule has 0 radical (unpaired) electrons. The van der Waals surface area contributed by atoms with Crippen molar-refractivity contribution in [1.29, 1.82) is 5.26 Å². The molecule has 2 saturated carbocycles. The van der Waals surface area contributed by atoms with Crippen molar-refractivity contribution >= 4 is 5.97 Å². The first kappa shape index (κ1) is 15.3. The van der Waals surface area contributed by atoms with Crippen LogP contribution in [0.1, 0.15) is 40.0 Å². The Morgan fingerprint density at radius 2 is 2.05 bits per heavy atom. The van der Waals surface area contributed by atoms with Crippen molar-refractivity contribution in [2.75, 3.05) is 27.2 Å². The predicted molar refractivity (Wildman–Crippen MR) is 76.6 cm³/mol. The van der Waals surface area contributed by atoms with Crippen molar-refractivity contribution in [3.05, 3.63) is 0 Å². The zero-order chi connectivity index (χ0) is 15.2. The molecular weight excluding hydrogens is 252 g/mol. The lowest BCUT2D eigenvalue weighted by molar-refractivity contribution is -0.876. The van der Waals surface area contributed by atoms with Crippen LogP contribution in [0.4, 0.5) is 0 Å². The molecule has 4 nitrogen and oxygen atoms in total. The number of quaternary nitrogens is 1. The van der Waals surface area contributed by atoms with E-state index < -0.39 is 0 Å². The van der Waals surface area contributed by atoms with Crippen LogP contribution in [0.3, 0.4) is 0 Å². The minimum atomic E-state index is -0.167. The minimum absolute atomic E-state index is 0.0471. The molecule has 2 fully saturated rings. The average molecular weight is 279 g/mol. The highest BCUT2D eigenvalue weighted by Crippen LogP contribution is 2.66. The van der Waals surface area contributed by atoms with Gasteiger partial charge in [0, 0.05) is 5.41 Å². The van der Waals surface area contributed by atoms with Gasteiger partial charge in [-0.05, 0) is 30.6 Å². The molecule has 112 valence electrons. The van der Waals surface area contributed by atoms with E-state index in [0.717, 1.165) is 12.8 Å². The van der Waals surface area contributed by atoms with Crippen LogP contribution in [0.25, 0.3) is 0 Å². The fourth-order valence-electron chi connectivity index (χ4n) is 4.10. The van der Waals surface area contributed by atoms with Crippen LogP contribution in [0, 0.1) is 28.1 Å². The molecule has 0 unspecified atom stereocenters. The first-order valence-corrected chi connectivity index (χ1v) is 7.51. The lowest BCUT2D eigenvalue weighted by atomic mass is 9.70.